The Bertz CT molecular complexity index is 259. The topological polar surface area (TPSA) is 29.1 Å². The Hall–Kier alpha value is 0.110. The highest BCUT2D eigenvalue weighted by Crippen LogP contribution is 2.40. The van der Waals surface area contributed by atoms with Crippen LogP contribution in [-0.4, -0.2) is 28.3 Å². The SMILES string of the molecule is C[C@H](CN[C@@H](C1CCCCC1)C1CC1)[S@@](C)=O. The highest BCUT2D eigenvalue weighted by Gasteiger charge is 2.36. The van der Waals surface area contributed by atoms with Crippen LogP contribution in [0.1, 0.15) is 51.9 Å². The summed E-state index contributed by atoms with van der Waals surface area (Å²) in [6.07, 6.45) is 11.8. The molecule has 0 radical (unpaired) electrons. The van der Waals surface area contributed by atoms with Crippen LogP contribution >= 0.6 is 0 Å². The molecule has 0 heterocycles. The number of rotatable bonds is 6. The van der Waals surface area contributed by atoms with Crippen LogP contribution in [0.25, 0.3) is 0 Å². The van der Waals surface area contributed by atoms with E-state index in [9.17, 15) is 4.21 Å². The highest BCUT2D eigenvalue weighted by atomic mass is 32.2. The third-order valence-corrected chi connectivity index (χ3v) is 5.80. The zero-order valence-corrected chi connectivity index (χ0v) is 12.1. The van der Waals surface area contributed by atoms with Crippen molar-refractivity contribution in [1.82, 2.24) is 5.32 Å². The maximum Gasteiger partial charge on any atom is 0.0441 e. The molecule has 2 aliphatic rings. The Labute approximate surface area is 108 Å². The Balaban J connectivity index is 1.82. The fraction of sp³-hybridized carbons (Fsp3) is 1.00. The monoisotopic (exact) mass is 257 g/mol. The predicted molar refractivity (Wildman–Crippen MR) is 74.6 cm³/mol. The van der Waals surface area contributed by atoms with Gasteiger partial charge in [0.2, 0.25) is 0 Å². The van der Waals surface area contributed by atoms with Gasteiger partial charge in [0.25, 0.3) is 0 Å². The van der Waals surface area contributed by atoms with E-state index in [1.165, 1.54) is 44.9 Å². The molecule has 1 N–H and O–H groups in total. The summed E-state index contributed by atoms with van der Waals surface area (Å²) in [5.41, 5.74) is 0. The summed E-state index contributed by atoms with van der Waals surface area (Å²) in [4.78, 5) is 0. The van der Waals surface area contributed by atoms with E-state index in [1.54, 1.807) is 0 Å². The molecule has 2 nitrogen and oxygen atoms in total. The highest BCUT2D eigenvalue weighted by molar-refractivity contribution is 7.84. The van der Waals surface area contributed by atoms with Crippen molar-refractivity contribution in [1.29, 1.82) is 0 Å². The maximum atomic E-state index is 11.4. The molecule has 2 rings (SSSR count). The molecule has 2 fully saturated rings. The Kier molecular flexibility index (Phi) is 5.04. The normalized spacial score (nSPS) is 27.6. The van der Waals surface area contributed by atoms with Crippen LogP contribution in [0.5, 0.6) is 0 Å². The third kappa shape index (κ3) is 4.06. The zero-order chi connectivity index (χ0) is 12.3. The van der Waals surface area contributed by atoms with E-state index >= 15 is 0 Å². The zero-order valence-electron chi connectivity index (χ0n) is 11.3. The van der Waals surface area contributed by atoms with E-state index in [4.69, 9.17) is 0 Å². The van der Waals surface area contributed by atoms with Gasteiger partial charge in [0, 0.05) is 34.9 Å². The second-order valence-electron chi connectivity index (χ2n) is 5.98. The Morgan fingerprint density at radius 1 is 1.12 bits per heavy atom. The van der Waals surface area contributed by atoms with Gasteiger partial charge in [-0.3, -0.25) is 4.21 Å². The molecule has 2 saturated carbocycles. The quantitative estimate of drug-likeness (QED) is 0.792. The fourth-order valence-electron chi connectivity index (χ4n) is 3.09. The van der Waals surface area contributed by atoms with Gasteiger partial charge in [0.05, 0.1) is 0 Å². The van der Waals surface area contributed by atoms with Crippen molar-refractivity contribution in [2.45, 2.75) is 63.2 Å². The van der Waals surface area contributed by atoms with Gasteiger partial charge in [0.15, 0.2) is 0 Å². The molecular weight excluding hydrogens is 230 g/mol. The minimum Gasteiger partial charge on any atom is -0.312 e. The largest absolute Gasteiger partial charge is 0.312 e. The van der Waals surface area contributed by atoms with E-state index in [2.05, 4.69) is 12.2 Å². The average molecular weight is 257 g/mol. The first-order valence-corrected chi connectivity index (χ1v) is 8.86. The van der Waals surface area contributed by atoms with Gasteiger partial charge in [-0.1, -0.05) is 19.3 Å². The van der Waals surface area contributed by atoms with Crippen LogP contribution < -0.4 is 5.32 Å². The molecule has 0 aromatic heterocycles. The first-order chi connectivity index (χ1) is 8.18. The molecule has 2 aliphatic carbocycles. The molecular formula is C14H27NOS. The van der Waals surface area contributed by atoms with Crippen molar-refractivity contribution < 1.29 is 4.21 Å². The maximum absolute atomic E-state index is 11.4. The molecule has 3 heteroatoms. The predicted octanol–water partition coefficient (Wildman–Crippen LogP) is 2.70. The molecule has 17 heavy (non-hydrogen) atoms. The lowest BCUT2D eigenvalue weighted by Crippen LogP contribution is -2.42. The number of nitrogens with one attached hydrogen (secondary N) is 1. The van der Waals surface area contributed by atoms with Crippen LogP contribution in [0.2, 0.25) is 0 Å². The van der Waals surface area contributed by atoms with Crippen LogP contribution in [0, 0.1) is 11.8 Å². The molecule has 100 valence electrons. The average Bonchev–Trinajstić information content (AvgIpc) is 3.15. The summed E-state index contributed by atoms with van der Waals surface area (Å²) in [5.74, 6) is 1.82. The fourth-order valence-corrected chi connectivity index (χ4v) is 3.42. The summed E-state index contributed by atoms with van der Waals surface area (Å²) < 4.78 is 11.4. The molecule has 0 amide bonds. The summed E-state index contributed by atoms with van der Waals surface area (Å²) in [7, 11) is -0.687. The van der Waals surface area contributed by atoms with Gasteiger partial charge in [-0.15, -0.1) is 0 Å². The number of hydrogen-bond acceptors (Lipinski definition) is 2. The van der Waals surface area contributed by atoms with E-state index in [0.29, 0.717) is 5.25 Å². The van der Waals surface area contributed by atoms with Crippen LogP contribution in [0.4, 0.5) is 0 Å². The molecule has 0 aromatic carbocycles. The summed E-state index contributed by atoms with van der Waals surface area (Å²) in [6, 6.07) is 0.723. The minimum atomic E-state index is -0.687. The lowest BCUT2D eigenvalue weighted by Gasteiger charge is -2.32. The Morgan fingerprint density at radius 3 is 2.24 bits per heavy atom. The van der Waals surface area contributed by atoms with Crippen LogP contribution in [-0.2, 0) is 10.8 Å². The van der Waals surface area contributed by atoms with Gasteiger partial charge in [-0.25, -0.2) is 0 Å². The molecule has 0 spiro atoms. The van der Waals surface area contributed by atoms with Crippen molar-refractivity contribution in [3.8, 4) is 0 Å². The second kappa shape index (κ2) is 6.33. The lowest BCUT2D eigenvalue weighted by atomic mass is 9.82. The molecule has 3 atom stereocenters. The molecule has 0 bridgehead atoms. The van der Waals surface area contributed by atoms with Gasteiger partial charge >= 0.3 is 0 Å². The van der Waals surface area contributed by atoms with Crippen LogP contribution in [0.3, 0.4) is 0 Å². The van der Waals surface area contributed by atoms with Crippen molar-refractivity contribution in [2.75, 3.05) is 12.8 Å². The summed E-state index contributed by atoms with van der Waals surface area (Å²) in [6.45, 7) is 3.02. The van der Waals surface area contributed by atoms with E-state index in [1.807, 2.05) is 6.26 Å². The van der Waals surface area contributed by atoms with Crippen LogP contribution in [0.15, 0.2) is 0 Å². The Morgan fingerprint density at radius 2 is 1.71 bits per heavy atom. The van der Waals surface area contributed by atoms with Gasteiger partial charge in [0.1, 0.15) is 0 Å². The summed E-state index contributed by atoms with van der Waals surface area (Å²) in [5, 5.41) is 4.03. The van der Waals surface area contributed by atoms with E-state index in [0.717, 1.165) is 24.4 Å². The van der Waals surface area contributed by atoms with Gasteiger partial charge < -0.3 is 5.32 Å². The van der Waals surface area contributed by atoms with Gasteiger partial charge in [-0.2, -0.15) is 0 Å². The van der Waals surface area contributed by atoms with Crippen molar-refractivity contribution in [3.05, 3.63) is 0 Å². The third-order valence-electron chi connectivity index (χ3n) is 4.50. The number of hydrogen-bond donors (Lipinski definition) is 1. The molecule has 0 unspecified atom stereocenters. The second-order valence-corrected chi connectivity index (χ2v) is 7.78. The van der Waals surface area contributed by atoms with Crippen molar-refractivity contribution in [2.24, 2.45) is 11.8 Å². The first-order valence-electron chi connectivity index (χ1n) is 7.24. The summed E-state index contributed by atoms with van der Waals surface area (Å²) >= 11 is 0. The first kappa shape index (κ1) is 13.5. The van der Waals surface area contributed by atoms with Crippen molar-refractivity contribution >= 4 is 10.8 Å². The van der Waals surface area contributed by atoms with E-state index in [-0.39, 0.29) is 0 Å². The lowest BCUT2D eigenvalue weighted by molar-refractivity contribution is 0.248. The van der Waals surface area contributed by atoms with E-state index < -0.39 is 10.8 Å². The standard InChI is InChI=1S/C14H27NOS/c1-11(17(2)16)10-15-14(13-8-9-13)12-6-4-3-5-7-12/h11-15H,3-10H2,1-2H3/t11-,14+,17-/m1/s1. The minimum absolute atomic E-state index is 0.292. The smallest absolute Gasteiger partial charge is 0.0441 e. The van der Waals surface area contributed by atoms with Gasteiger partial charge in [-0.05, 0) is 44.4 Å². The molecule has 0 saturated heterocycles. The molecule has 0 aromatic rings. The molecule has 0 aliphatic heterocycles. The van der Waals surface area contributed by atoms with Crippen molar-refractivity contribution in [3.63, 3.8) is 0 Å².